The van der Waals surface area contributed by atoms with Crippen LogP contribution in [-0.4, -0.2) is 17.0 Å². The molecule has 0 aromatic heterocycles. The Kier molecular flexibility index (Phi) is 3.26. The molecule has 0 heterocycles. The highest BCUT2D eigenvalue weighted by Gasteiger charge is 2.13. The van der Waals surface area contributed by atoms with Crippen LogP contribution in [0.5, 0.6) is 0 Å². The van der Waals surface area contributed by atoms with Gasteiger partial charge >= 0.3 is 11.9 Å². The van der Waals surface area contributed by atoms with E-state index >= 15 is 0 Å². The standard InChI is InChI=1S/C9H5ClN2O3/c10-6-1-2-7(5(3-6)4-11)12-8(13)9(14)15/h1-3H,(H,12,13)(H,14,15). The highest BCUT2D eigenvalue weighted by atomic mass is 35.5. The molecule has 2 N–H and O–H groups in total. The van der Waals surface area contributed by atoms with Gasteiger partial charge in [0.05, 0.1) is 11.3 Å². The molecule has 5 nitrogen and oxygen atoms in total. The van der Waals surface area contributed by atoms with Crippen molar-refractivity contribution in [3.63, 3.8) is 0 Å². The number of rotatable bonds is 1. The molecule has 0 spiro atoms. The lowest BCUT2D eigenvalue weighted by atomic mass is 10.2. The number of benzene rings is 1. The summed E-state index contributed by atoms with van der Waals surface area (Å²) in [4.78, 5) is 21.1. The summed E-state index contributed by atoms with van der Waals surface area (Å²) in [7, 11) is 0. The molecule has 0 radical (unpaired) electrons. The summed E-state index contributed by atoms with van der Waals surface area (Å²) in [6.07, 6.45) is 0. The van der Waals surface area contributed by atoms with Gasteiger partial charge < -0.3 is 10.4 Å². The first-order valence-electron chi connectivity index (χ1n) is 3.78. The maximum Gasteiger partial charge on any atom is 0.394 e. The van der Waals surface area contributed by atoms with Crippen LogP contribution in [-0.2, 0) is 9.59 Å². The quantitative estimate of drug-likeness (QED) is 0.702. The minimum Gasteiger partial charge on any atom is -0.474 e. The second kappa shape index (κ2) is 4.44. The summed E-state index contributed by atoms with van der Waals surface area (Å²) >= 11 is 5.61. The zero-order chi connectivity index (χ0) is 11.4. The van der Waals surface area contributed by atoms with Gasteiger partial charge in [-0.2, -0.15) is 5.26 Å². The number of carbonyl (C=O) groups excluding carboxylic acids is 1. The highest BCUT2D eigenvalue weighted by molar-refractivity contribution is 6.36. The van der Waals surface area contributed by atoms with Crippen LogP contribution in [0.25, 0.3) is 0 Å². The number of anilines is 1. The zero-order valence-electron chi connectivity index (χ0n) is 7.32. The van der Waals surface area contributed by atoms with Gasteiger partial charge in [-0.15, -0.1) is 0 Å². The molecular formula is C9H5ClN2O3. The van der Waals surface area contributed by atoms with Crippen molar-refractivity contribution in [3.05, 3.63) is 28.8 Å². The van der Waals surface area contributed by atoms with Crippen molar-refractivity contribution in [3.8, 4) is 6.07 Å². The largest absolute Gasteiger partial charge is 0.474 e. The Morgan fingerprint density at radius 1 is 1.47 bits per heavy atom. The molecule has 0 unspecified atom stereocenters. The molecule has 1 amide bonds. The molecule has 0 bridgehead atoms. The fraction of sp³-hybridized carbons (Fsp3) is 0. The summed E-state index contributed by atoms with van der Waals surface area (Å²) in [6, 6.07) is 5.93. The van der Waals surface area contributed by atoms with E-state index < -0.39 is 11.9 Å². The first-order chi connectivity index (χ1) is 7.04. The first kappa shape index (κ1) is 11.0. The van der Waals surface area contributed by atoms with Gasteiger partial charge in [-0.3, -0.25) is 4.79 Å². The summed E-state index contributed by atoms with van der Waals surface area (Å²) < 4.78 is 0. The van der Waals surface area contributed by atoms with Gasteiger partial charge in [0.25, 0.3) is 0 Å². The average Bonchev–Trinajstić information content (AvgIpc) is 2.20. The summed E-state index contributed by atoms with van der Waals surface area (Å²) in [6.45, 7) is 0. The molecule has 76 valence electrons. The molecule has 15 heavy (non-hydrogen) atoms. The maximum atomic E-state index is 10.8. The molecule has 1 aromatic carbocycles. The van der Waals surface area contributed by atoms with Crippen LogP contribution in [0.15, 0.2) is 18.2 Å². The minimum absolute atomic E-state index is 0.108. The molecule has 1 rings (SSSR count). The van der Waals surface area contributed by atoms with Crippen molar-refractivity contribution in [1.29, 1.82) is 5.26 Å². The lowest BCUT2D eigenvalue weighted by Crippen LogP contribution is -2.22. The van der Waals surface area contributed by atoms with Crippen molar-refractivity contribution in [2.45, 2.75) is 0 Å². The first-order valence-corrected chi connectivity index (χ1v) is 4.16. The third-order valence-corrected chi connectivity index (χ3v) is 1.78. The van der Waals surface area contributed by atoms with Crippen LogP contribution in [0.2, 0.25) is 5.02 Å². The molecule has 6 heteroatoms. The number of halogens is 1. The normalized spacial score (nSPS) is 9.07. The van der Waals surface area contributed by atoms with Crippen molar-refractivity contribution in [2.24, 2.45) is 0 Å². The predicted octanol–water partition coefficient (Wildman–Crippen LogP) is 1.23. The van der Waals surface area contributed by atoms with Crippen LogP contribution in [0.4, 0.5) is 5.69 Å². The predicted molar refractivity (Wildman–Crippen MR) is 52.4 cm³/mol. The van der Waals surface area contributed by atoms with Gasteiger partial charge in [0.2, 0.25) is 0 Å². The number of hydrogen-bond acceptors (Lipinski definition) is 3. The number of carboxylic acids is 1. The summed E-state index contributed by atoms with van der Waals surface area (Å²) in [5.74, 6) is -2.82. The van der Waals surface area contributed by atoms with E-state index in [4.69, 9.17) is 22.0 Å². The minimum atomic E-state index is -1.62. The van der Waals surface area contributed by atoms with E-state index in [2.05, 4.69) is 5.32 Å². The van der Waals surface area contributed by atoms with Crippen LogP contribution in [0.3, 0.4) is 0 Å². The van der Waals surface area contributed by atoms with Crippen LogP contribution in [0, 0.1) is 11.3 Å². The number of nitrogens with zero attached hydrogens (tertiary/aromatic N) is 1. The fourth-order valence-electron chi connectivity index (χ4n) is 0.894. The molecule has 1 aromatic rings. The van der Waals surface area contributed by atoms with Gasteiger partial charge in [-0.1, -0.05) is 11.6 Å². The van der Waals surface area contributed by atoms with Crippen molar-refractivity contribution in [2.75, 3.05) is 5.32 Å². The number of amides is 1. The van der Waals surface area contributed by atoms with Gasteiger partial charge in [0, 0.05) is 5.02 Å². The van der Waals surface area contributed by atoms with Crippen LogP contribution < -0.4 is 5.32 Å². The van der Waals surface area contributed by atoms with E-state index in [1.807, 2.05) is 0 Å². The van der Waals surface area contributed by atoms with E-state index in [-0.39, 0.29) is 11.3 Å². The molecule has 0 atom stereocenters. The van der Waals surface area contributed by atoms with E-state index in [9.17, 15) is 9.59 Å². The smallest absolute Gasteiger partial charge is 0.394 e. The van der Waals surface area contributed by atoms with Gasteiger partial charge in [-0.25, -0.2) is 4.79 Å². The number of aliphatic carboxylic acids is 1. The molecule has 0 aliphatic heterocycles. The van der Waals surface area contributed by atoms with Crippen molar-refractivity contribution < 1.29 is 14.7 Å². The molecule has 0 saturated carbocycles. The number of carboxylic acid groups (broad SMARTS) is 1. The van der Waals surface area contributed by atoms with Gasteiger partial charge in [-0.05, 0) is 18.2 Å². The van der Waals surface area contributed by atoms with Gasteiger partial charge in [0.15, 0.2) is 0 Å². The number of nitriles is 1. The average molecular weight is 225 g/mol. The Hall–Kier alpha value is -2.06. The second-order valence-corrected chi connectivity index (χ2v) is 3.00. The van der Waals surface area contributed by atoms with E-state index in [1.165, 1.54) is 18.2 Å². The molecular weight excluding hydrogens is 220 g/mol. The van der Waals surface area contributed by atoms with Gasteiger partial charge in [0.1, 0.15) is 6.07 Å². The topological polar surface area (TPSA) is 90.2 Å². The van der Waals surface area contributed by atoms with E-state index in [1.54, 1.807) is 6.07 Å². The molecule has 0 saturated heterocycles. The molecule has 0 fully saturated rings. The Labute approximate surface area is 89.9 Å². The molecule has 0 aliphatic carbocycles. The fourth-order valence-corrected chi connectivity index (χ4v) is 1.07. The van der Waals surface area contributed by atoms with E-state index in [0.717, 1.165) is 0 Å². The Bertz CT molecular complexity index is 465. The maximum absolute atomic E-state index is 10.8. The van der Waals surface area contributed by atoms with Crippen LogP contribution >= 0.6 is 11.6 Å². The Balaban J connectivity index is 3.01. The molecule has 0 aliphatic rings. The summed E-state index contributed by atoms with van der Waals surface area (Å²) in [5, 5.41) is 19.4. The second-order valence-electron chi connectivity index (χ2n) is 2.56. The number of nitrogens with one attached hydrogen (secondary N) is 1. The van der Waals surface area contributed by atoms with Crippen molar-refractivity contribution in [1.82, 2.24) is 0 Å². The third kappa shape index (κ3) is 2.69. The van der Waals surface area contributed by atoms with E-state index in [0.29, 0.717) is 5.02 Å². The Morgan fingerprint density at radius 3 is 2.67 bits per heavy atom. The SMILES string of the molecule is N#Cc1cc(Cl)ccc1NC(=O)C(=O)O. The zero-order valence-corrected chi connectivity index (χ0v) is 8.08. The highest BCUT2D eigenvalue weighted by Crippen LogP contribution is 2.19. The van der Waals surface area contributed by atoms with Crippen molar-refractivity contribution >= 4 is 29.2 Å². The Morgan fingerprint density at radius 2 is 2.13 bits per heavy atom. The number of hydrogen-bond donors (Lipinski definition) is 2. The third-order valence-electron chi connectivity index (χ3n) is 1.54. The van der Waals surface area contributed by atoms with Crippen LogP contribution in [0.1, 0.15) is 5.56 Å². The number of carbonyl (C=O) groups is 2. The lowest BCUT2D eigenvalue weighted by molar-refractivity contribution is -0.147. The monoisotopic (exact) mass is 224 g/mol. The summed E-state index contributed by atoms with van der Waals surface area (Å²) in [5.41, 5.74) is 0.228. The lowest BCUT2D eigenvalue weighted by Gasteiger charge is -2.03.